The van der Waals surface area contributed by atoms with Gasteiger partial charge in [0.2, 0.25) is 5.91 Å². The zero-order valence-electron chi connectivity index (χ0n) is 26.0. The Balaban J connectivity index is 0.00000352. The van der Waals surface area contributed by atoms with E-state index < -0.39 is 0 Å². The molecule has 0 aliphatic carbocycles. The van der Waals surface area contributed by atoms with E-state index in [0.717, 1.165) is 46.7 Å². The number of ether oxygens (including phenoxy) is 1. The fourth-order valence-corrected chi connectivity index (χ4v) is 4.42. The highest BCUT2D eigenvalue weighted by Gasteiger charge is 2.26. The molecule has 0 spiro atoms. The van der Waals surface area contributed by atoms with Gasteiger partial charge in [-0.1, -0.05) is 107 Å². The van der Waals surface area contributed by atoms with E-state index >= 15 is 0 Å². The van der Waals surface area contributed by atoms with Crippen LogP contribution in [0.15, 0.2) is 30.3 Å². The van der Waals surface area contributed by atoms with E-state index in [1.54, 1.807) is 0 Å². The Kier molecular flexibility index (Phi) is 14.0. The first-order valence-corrected chi connectivity index (χ1v) is 14.7. The maximum Gasteiger partial charge on any atom is 0.224 e. The summed E-state index contributed by atoms with van der Waals surface area (Å²) >= 11 is 0. The summed E-state index contributed by atoms with van der Waals surface area (Å²) in [6, 6.07) is 9.95. The molecule has 0 atom stereocenters. The Labute approximate surface area is 233 Å². The second-order valence-electron chi connectivity index (χ2n) is 12.2. The first-order chi connectivity index (χ1) is 17.8. The van der Waals surface area contributed by atoms with E-state index in [4.69, 9.17) is 4.74 Å². The molecular weight excluding hydrogens is 470 g/mol. The number of carbonyl (C=O) groups excluding carboxylic acids is 1. The number of amides is 1. The normalized spacial score (nSPS) is 11.5. The molecule has 0 aromatic heterocycles. The molecule has 0 aliphatic heterocycles. The summed E-state index contributed by atoms with van der Waals surface area (Å²) in [5, 5.41) is 14.0. The van der Waals surface area contributed by atoms with Crippen molar-refractivity contribution in [2.45, 2.75) is 131 Å². The summed E-state index contributed by atoms with van der Waals surface area (Å²) in [4.78, 5) is 12.7. The molecule has 4 heteroatoms. The summed E-state index contributed by atoms with van der Waals surface area (Å²) in [5.74, 6) is 1.24. The predicted molar refractivity (Wildman–Crippen MR) is 164 cm³/mol. The Morgan fingerprint density at radius 1 is 0.868 bits per heavy atom. The highest BCUT2D eigenvalue weighted by Crippen LogP contribution is 2.40. The minimum absolute atomic E-state index is 0.0159. The van der Waals surface area contributed by atoms with E-state index in [1.165, 1.54) is 32.1 Å². The molecule has 38 heavy (non-hydrogen) atoms. The first-order valence-electron chi connectivity index (χ1n) is 14.7. The third kappa shape index (κ3) is 11.1. The third-order valence-electron chi connectivity index (χ3n) is 6.64. The molecule has 4 nitrogen and oxygen atoms in total. The number of benzene rings is 2. The molecule has 1 amide bonds. The molecule has 0 unspecified atom stereocenters. The van der Waals surface area contributed by atoms with Gasteiger partial charge < -0.3 is 15.2 Å². The van der Waals surface area contributed by atoms with E-state index in [-0.39, 0.29) is 16.7 Å². The molecule has 0 saturated carbocycles. The summed E-state index contributed by atoms with van der Waals surface area (Å²) in [5.41, 5.74) is 4.39. The Morgan fingerprint density at radius 3 is 1.95 bits per heavy atom. The van der Waals surface area contributed by atoms with Crippen LogP contribution in [0.4, 0.5) is 5.69 Å². The number of rotatable bonds is 12. The number of unbranched alkanes of at least 4 members (excludes halogenated alkanes) is 5. The minimum atomic E-state index is -0.182. The lowest BCUT2D eigenvalue weighted by atomic mass is 9.78. The fraction of sp³-hybridized carbons (Fsp3) is 0.618. The molecule has 0 bridgehead atoms. The molecule has 2 aromatic carbocycles. The van der Waals surface area contributed by atoms with Crippen molar-refractivity contribution in [3.05, 3.63) is 52.6 Å². The lowest BCUT2D eigenvalue weighted by Gasteiger charge is -2.28. The highest BCUT2D eigenvalue weighted by molar-refractivity contribution is 5.91. The van der Waals surface area contributed by atoms with E-state index in [9.17, 15) is 9.90 Å². The van der Waals surface area contributed by atoms with Gasteiger partial charge in [0.15, 0.2) is 0 Å². The van der Waals surface area contributed by atoms with Gasteiger partial charge in [0.25, 0.3) is 0 Å². The largest absolute Gasteiger partial charge is 0.507 e. The van der Waals surface area contributed by atoms with Crippen LogP contribution in [0, 0.1) is 6.92 Å². The van der Waals surface area contributed by atoms with Crippen LogP contribution in [0.1, 0.15) is 130 Å². The molecule has 2 rings (SSSR count). The number of carbonyl (C=O) groups is 1. The van der Waals surface area contributed by atoms with Crippen molar-refractivity contribution in [3.63, 3.8) is 0 Å². The van der Waals surface area contributed by atoms with Gasteiger partial charge in [-0.3, -0.25) is 4.79 Å². The van der Waals surface area contributed by atoms with Crippen LogP contribution < -0.4 is 10.1 Å². The molecule has 0 saturated heterocycles. The molecular formula is C34H55NO3. The Bertz CT molecular complexity index is 961. The van der Waals surface area contributed by atoms with Crippen molar-refractivity contribution in [1.29, 1.82) is 0 Å². The number of hydrogen-bond donors (Lipinski definition) is 2. The van der Waals surface area contributed by atoms with Crippen LogP contribution in [0.5, 0.6) is 11.5 Å². The maximum atomic E-state index is 12.7. The topological polar surface area (TPSA) is 58.6 Å². The number of anilines is 1. The van der Waals surface area contributed by atoms with Gasteiger partial charge in [0.1, 0.15) is 11.5 Å². The number of nitrogens with one attached hydrogen (secondary N) is 1. The van der Waals surface area contributed by atoms with Gasteiger partial charge in [-0.25, -0.2) is 0 Å². The molecule has 2 aromatic rings. The number of phenolic OH excluding ortho intramolecular Hbond substituents is 1. The van der Waals surface area contributed by atoms with Gasteiger partial charge >= 0.3 is 0 Å². The van der Waals surface area contributed by atoms with Crippen molar-refractivity contribution in [2.24, 2.45) is 0 Å². The summed E-state index contributed by atoms with van der Waals surface area (Å²) in [7, 11) is 0. The van der Waals surface area contributed by atoms with Gasteiger partial charge in [0, 0.05) is 12.1 Å². The predicted octanol–water partition coefficient (Wildman–Crippen LogP) is 9.63. The van der Waals surface area contributed by atoms with Crippen LogP contribution >= 0.6 is 0 Å². The quantitative estimate of drug-likeness (QED) is 0.271. The average Bonchev–Trinajstić information content (AvgIpc) is 2.83. The number of phenols is 1. The van der Waals surface area contributed by atoms with Crippen LogP contribution in [-0.4, -0.2) is 17.6 Å². The van der Waals surface area contributed by atoms with Crippen molar-refractivity contribution < 1.29 is 14.6 Å². The SMILES string of the molecule is CC.CCCCCCCCOc1ccc(NC(=O)CCc2cc(C(C)(C)C)c(O)c(C(C)(C)C)c2)cc1C. The lowest BCUT2D eigenvalue weighted by molar-refractivity contribution is -0.116. The van der Waals surface area contributed by atoms with E-state index in [1.807, 2.05) is 39.0 Å². The first kappa shape index (κ1) is 33.5. The number of hydrogen-bond acceptors (Lipinski definition) is 3. The van der Waals surface area contributed by atoms with Crippen molar-refractivity contribution in [3.8, 4) is 11.5 Å². The summed E-state index contributed by atoms with van der Waals surface area (Å²) < 4.78 is 5.96. The minimum Gasteiger partial charge on any atom is -0.507 e. The maximum absolute atomic E-state index is 12.7. The van der Waals surface area contributed by atoms with Crippen LogP contribution in [0.25, 0.3) is 0 Å². The lowest BCUT2D eigenvalue weighted by Crippen LogP contribution is -2.18. The van der Waals surface area contributed by atoms with Crippen LogP contribution in [-0.2, 0) is 22.0 Å². The fourth-order valence-electron chi connectivity index (χ4n) is 4.42. The molecule has 0 heterocycles. The van der Waals surface area contributed by atoms with Gasteiger partial charge in [-0.2, -0.15) is 0 Å². The zero-order chi connectivity index (χ0) is 28.9. The molecule has 0 fully saturated rings. The monoisotopic (exact) mass is 525 g/mol. The Hall–Kier alpha value is -2.49. The van der Waals surface area contributed by atoms with Crippen molar-refractivity contribution in [2.75, 3.05) is 11.9 Å². The van der Waals surface area contributed by atoms with Gasteiger partial charge in [-0.15, -0.1) is 0 Å². The molecule has 214 valence electrons. The van der Waals surface area contributed by atoms with Crippen LogP contribution in [0.3, 0.4) is 0 Å². The van der Waals surface area contributed by atoms with E-state index in [2.05, 4.69) is 65.9 Å². The van der Waals surface area contributed by atoms with Crippen molar-refractivity contribution >= 4 is 11.6 Å². The highest BCUT2D eigenvalue weighted by atomic mass is 16.5. The van der Waals surface area contributed by atoms with Gasteiger partial charge in [-0.05, 0) is 71.0 Å². The van der Waals surface area contributed by atoms with Crippen molar-refractivity contribution in [1.82, 2.24) is 0 Å². The zero-order valence-corrected chi connectivity index (χ0v) is 26.0. The standard InChI is InChI=1S/C32H49NO3.C2H6/c1-9-10-11-12-13-14-19-36-28-17-16-25(20-23(28)2)33-29(34)18-15-24-21-26(31(3,4)5)30(35)27(22-24)32(6,7)8;1-2/h16-17,20-22,35H,9-15,18-19H2,1-8H3,(H,33,34);1-2H3. The average molecular weight is 526 g/mol. The number of aromatic hydroxyl groups is 1. The van der Waals surface area contributed by atoms with Crippen LogP contribution in [0.2, 0.25) is 0 Å². The Morgan fingerprint density at radius 2 is 1.42 bits per heavy atom. The molecule has 0 radical (unpaired) electrons. The molecule has 2 N–H and O–H groups in total. The molecule has 0 aliphatic rings. The second kappa shape index (κ2) is 15.8. The summed E-state index contributed by atoms with van der Waals surface area (Å²) in [6.45, 7) is 21.6. The smallest absolute Gasteiger partial charge is 0.224 e. The second-order valence-corrected chi connectivity index (χ2v) is 12.2. The van der Waals surface area contributed by atoms with E-state index in [0.29, 0.717) is 18.6 Å². The summed E-state index contributed by atoms with van der Waals surface area (Å²) in [6.07, 6.45) is 8.47. The third-order valence-corrected chi connectivity index (χ3v) is 6.64. The number of aryl methyl sites for hydroxylation is 2. The van der Waals surface area contributed by atoms with Gasteiger partial charge in [0.05, 0.1) is 6.61 Å².